The zero-order valence-electron chi connectivity index (χ0n) is 12.1. The molecule has 5 nitrogen and oxygen atoms in total. The summed E-state index contributed by atoms with van der Waals surface area (Å²) in [6.07, 6.45) is -0.656. The SMILES string of the molecule is Cc1c(NC(=O)OCc2ccccc2)c(Br)cc(Br)c1C(=O)O. The summed E-state index contributed by atoms with van der Waals surface area (Å²) in [6.45, 7) is 1.75. The molecule has 0 atom stereocenters. The number of hydrogen-bond acceptors (Lipinski definition) is 3. The van der Waals surface area contributed by atoms with Crippen molar-refractivity contribution in [1.82, 2.24) is 0 Å². The maximum atomic E-state index is 11.9. The second kappa shape index (κ2) is 7.61. The van der Waals surface area contributed by atoms with Gasteiger partial charge in [-0.3, -0.25) is 5.32 Å². The molecule has 1 amide bonds. The summed E-state index contributed by atoms with van der Waals surface area (Å²) in [7, 11) is 0. The summed E-state index contributed by atoms with van der Waals surface area (Å²) in [5.41, 5.74) is 1.74. The highest BCUT2D eigenvalue weighted by Crippen LogP contribution is 2.34. The Morgan fingerprint density at radius 3 is 2.43 bits per heavy atom. The highest BCUT2D eigenvalue weighted by molar-refractivity contribution is 9.11. The van der Waals surface area contributed by atoms with Crippen molar-refractivity contribution < 1.29 is 19.4 Å². The van der Waals surface area contributed by atoms with Crippen LogP contribution in [0.3, 0.4) is 0 Å². The minimum atomic E-state index is -1.08. The molecule has 120 valence electrons. The van der Waals surface area contributed by atoms with Gasteiger partial charge in [-0.25, -0.2) is 9.59 Å². The lowest BCUT2D eigenvalue weighted by Crippen LogP contribution is -2.16. The second-order valence-corrected chi connectivity index (χ2v) is 6.42. The van der Waals surface area contributed by atoms with Crippen molar-refractivity contribution in [3.63, 3.8) is 0 Å². The van der Waals surface area contributed by atoms with Crippen molar-refractivity contribution in [2.45, 2.75) is 13.5 Å². The van der Waals surface area contributed by atoms with Gasteiger partial charge < -0.3 is 9.84 Å². The van der Waals surface area contributed by atoms with Gasteiger partial charge in [0.1, 0.15) is 6.61 Å². The van der Waals surface area contributed by atoms with Crippen LogP contribution in [0.25, 0.3) is 0 Å². The van der Waals surface area contributed by atoms with Crippen LogP contribution in [0.2, 0.25) is 0 Å². The molecule has 0 aliphatic heterocycles. The highest BCUT2D eigenvalue weighted by Gasteiger charge is 2.19. The number of hydrogen-bond donors (Lipinski definition) is 2. The van der Waals surface area contributed by atoms with Crippen LogP contribution in [-0.4, -0.2) is 17.2 Å². The zero-order chi connectivity index (χ0) is 17.0. The predicted molar refractivity (Wildman–Crippen MR) is 93.8 cm³/mol. The monoisotopic (exact) mass is 441 g/mol. The molecular weight excluding hydrogens is 430 g/mol. The summed E-state index contributed by atoms with van der Waals surface area (Å²) in [6, 6.07) is 10.8. The maximum absolute atomic E-state index is 11.9. The van der Waals surface area contributed by atoms with Gasteiger partial charge in [0, 0.05) is 8.95 Å². The Bertz CT molecular complexity index is 747. The fourth-order valence-corrected chi connectivity index (χ4v) is 3.64. The van der Waals surface area contributed by atoms with Crippen molar-refractivity contribution in [3.05, 3.63) is 62.0 Å². The van der Waals surface area contributed by atoms with Gasteiger partial charge >= 0.3 is 12.1 Å². The number of carboxylic acids is 1. The van der Waals surface area contributed by atoms with Crippen LogP contribution < -0.4 is 5.32 Å². The molecule has 7 heteroatoms. The minimum absolute atomic E-state index is 0.0894. The van der Waals surface area contributed by atoms with Crippen LogP contribution >= 0.6 is 31.9 Å². The molecule has 0 spiro atoms. The lowest BCUT2D eigenvalue weighted by Gasteiger charge is -2.14. The van der Waals surface area contributed by atoms with E-state index < -0.39 is 12.1 Å². The van der Waals surface area contributed by atoms with E-state index in [9.17, 15) is 14.7 Å². The number of nitrogens with one attached hydrogen (secondary N) is 1. The van der Waals surface area contributed by atoms with Gasteiger partial charge in [0.2, 0.25) is 0 Å². The van der Waals surface area contributed by atoms with Crippen LogP contribution in [0.4, 0.5) is 10.5 Å². The van der Waals surface area contributed by atoms with Gasteiger partial charge in [-0.1, -0.05) is 30.3 Å². The Morgan fingerprint density at radius 1 is 1.17 bits per heavy atom. The van der Waals surface area contributed by atoms with Crippen molar-refractivity contribution in [2.75, 3.05) is 5.32 Å². The number of ether oxygens (including phenoxy) is 1. The smallest absolute Gasteiger partial charge is 0.411 e. The van der Waals surface area contributed by atoms with Gasteiger partial charge in [-0.15, -0.1) is 0 Å². The van der Waals surface area contributed by atoms with Crippen LogP contribution in [0.15, 0.2) is 45.3 Å². The van der Waals surface area contributed by atoms with Crippen molar-refractivity contribution in [3.8, 4) is 0 Å². The Morgan fingerprint density at radius 2 is 1.83 bits per heavy atom. The molecule has 0 saturated heterocycles. The predicted octanol–water partition coefficient (Wildman–Crippen LogP) is 4.97. The second-order valence-electron chi connectivity index (χ2n) is 4.71. The number of anilines is 1. The quantitative estimate of drug-likeness (QED) is 0.700. The molecule has 0 aromatic heterocycles. The Balaban J connectivity index is 2.15. The first-order valence-electron chi connectivity index (χ1n) is 6.59. The number of aromatic carboxylic acids is 1. The number of carbonyl (C=O) groups excluding carboxylic acids is 1. The third kappa shape index (κ3) is 4.33. The number of carbonyl (C=O) groups is 2. The molecular formula is C16H13Br2NO4. The summed E-state index contributed by atoms with van der Waals surface area (Å²) in [5.74, 6) is -1.08. The molecule has 2 rings (SSSR count). The van der Waals surface area contributed by atoms with Gasteiger partial charge in [-0.2, -0.15) is 0 Å². The molecule has 2 N–H and O–H groups in total. The first kappa shape index (κ1) is 17.5. The van der Waals surface area contributed by atoms with E-state index in [1.807, 2.05) is 30.3 Å². The fourth-order valence-electron chi connectivity index (χ4n) is 2.02. The van der Waals surface area contributed by atoms with E-state index in [1.165, 1.54) is 0 Å². The average Bonchev–Trinajstić information content (AvgIpc) is 2.50. The van der Waals surface area contributed by atoms with Crippen molar-refractivity contribution in [1.29, 1.82) is 0 Å². The zero-order valence-corrected chi connectivity index (χ0v) is 15.3. The minimum Gasteiger partial charge on any atom is -0.478 e. The van der Waals surface area contributed by atoms with Crippen LogP contribution in [0.1, 0.15) is 21.5 Å². The summed E-state index contributed by atoms with van der Waals surface area (Å²) >= 11 is 6.52. The number of carboxylic acid groups (broad SMARTS) is 1. The molecule has 0 heterocycles. The van der Waals surface area contributed by atoms with E-state index in [4.69, 9.17) is 4.74 Å². The highest BCUT2D eigenvalue weighted by atomic mass is 79.9. The molecule has 2 aromatic carbocycles. The summed E-state index contributed by atoms with van der Waals surface area (Å²) < 4.78 is 6.13. The van der Waals surface area contributed by atoms with Gasteiger partial charge in [0.15, 0.2) is 0 Å². The van der Waals surface area contributed by atoms with E-state index in [1.54, 1.807) is 13.0 Å². The Labute approximate surface area is 149 Å². The molecule has 0 fully saturated rings. The van der Waals surface area contributed by atoms with E-state index >= 15 is 0 Å². The fraction of sp³-hybridized carbons (Fsp3) is 0.125. The normalized spacial score (nSPS) is 10.2. The third-order valence-electron chi connectivity index (χ3n) is 3.13. The average molecular weight is 443 g/mol. The third-order valence-corrected chi connectivity index (χ3v) is 4.39. The van der Waals surface area contributed by atoms with Gasteiger partial charge in [-0.05, 0) is 56.0 Å². The lowest BCUT2D eigenvalue weighted by atomic mass is 10.1. The molecule has 23 heavy (non-hydrogen) atoms. The Hall–Kier alpha value is -1.86. The van der Waals surface area contributed by atoms with Crippen LogP contribution in [0.5, 0.6) is 0 Å². The van der Waals surface area contributed by atoms with Crippen molar-refractivity contribution in [2.24, 2.45) is 0 Å². The van der Waals surface area contributed by atoms with Crippen LogP contribution in [-0.2, 0) is 11.3 Å². The number of benzene rings is 2. The van der Waals surface area contributed by atoms with Crippen LogP contribution in [0, 0.1) is 6.92 Å². The first-order chi connectivity index (χ1) is 10.9. The molecule has 0 aliphatic rings. The van der Waals surface area contributed by atoms with E-state index in [0.717, 1.165) is 5.56 Å². The van der Waals surface area contributed by atoms with E-state index in [2.05, 4.69) is 37.2 Å². The van der Waals surface area contributed by atoms with E-state index in [-0.39, 0.29) is 12.2 Å². The number of halogens is 2. The molecule has 0 saturated carbocycles. The van der Waals surface area contributed by atoms with E-state index in [0.29, 0.717) is 20.2 Å². The first-order valence-corrected chi connectivity index (χ1v) is 8.18. The standard InChI is InChI=1S/C16H13Br2NO4/c1-9-13(15(20)21)11(17)7-12(18)14(9)19-16(22)23-8-10-5-3-2-4-6-10/h2-7H,8H2,1H3,(H,19,22)(H,20,21). The molecule has 0 radical (unpaired) electrons. The molecule has 2 aromatic rings. The summed E-state index contributed by atoms with van der Waals surface area (Å²) in [5, 5.41) is 11.8. The Kier molecular flexibility index (Phi) is 5.79. The summed E-state index contributed by atoms with van der Waals surface area (Å²) in [4.78, 5) is 23.3. The molecule has 0 bridgehead atoms. The molecule has 0 unspecified atom stereocenters. The maximum Gasteiger partial charge on any atom is 0.411 e. The topological polar surface area (TPSA) is 75.6 Å². The van der Waals surface area contributed by atoms with Crippen molar-refractivity contribution >= 4 is 49.6 Å². The van der Waals surface area contributed by atoms with Gasteiger partial charge in [0.25, 0.3) is 0 Å². The number of rotatable bonds is 4. The van der Waals surface area contributed by atoms with Gasteiger partial charge in [0.05, 0.1) is 11.3 Å². The largest absolute Gasteiger partial charge is 0.478 e. The number of amides is 1. The molecule has 0 aliphatic carbocycles. The lowest BCUT2D eigenvalue weighted by molar-refractivity contribution is 0.0695.